The number of sulfonamides is 1. The topological polar surface area (TPSA) is 133 Å². The third-order valence-electron chi connectivity index (χ3n) is 7.27. The summed E-state index contributed by atoms with van der Waals surface area (Å²) in [5, 5.41) is 3.87. The molecule has 3 aromatic rings. The zero-order valence-corrected chi connectivity index (χ0v) is 27.0. The van der Waals surface area contributed by atoms with Crippen LogP contribution in [-0.2, 0) is 26.0 Å². The molecule has 0 saturated carbocycles. The number of carbonyl (C=O) groups excluding carboxylic acids is 2. The summed E-state index contributed by atoms with van der Waals surface area (Å²) in [6.07, 6.45) is 6.47. The van der Waals surface area contributed by atoms with Crippen LogP contribution in [0.3, 0.4) is 0 Å². The molecule has 44 heavy (non-hydrogen) atoms. The Balaban J connectivity index is 1.12. The first-order valence-electron chi connectivity index (χ1n) is 15.2. The average molecular weight is 628 g/mol. The van der Waals surface area contributed by atoms with E-state index in [1.165, 1.54) is 0 Å². The van der Waals surface area contributed by atoms with Crippen molar-refractivity contribution in [2.75, 3.05) is 55.2 Å². The van der Waals surface area contributed by atoms with Crippen LogP contribution in [-0.4, -0.2) is 81.5 Å². The molecular weight excluding hydrogens is 582 g/mol. The molecular formula is C32H45N5O6S. The molecule has 0 radical (unpaired) electrons. The number of piperazine rings is 1. The molecule has 0 atom stereocenters. The number of ether oxygens (including phenoxy) is 2. The number of aromatic amines is 1. The van der Waals surface area contributed by atoms with E-state index in [-0.39, 0.29) is 5.91 Å². The summed E-state index contributed by atoms with van der Waals surface area (Å²) in [6, 6.07) is 13.3. The Morgan fingerprint density at radius 2 is 1.70 bits per heavy atom. The molecule has 1 aromatic heterocycles. The number of fused-ring (bicyclic) bond motifs is 1. The third kappa shape index (κ3) is 10.4. The fraction of sp³-hybridized carbons (Fsp3) is 0.500. The van der Waals surface area contributed by atoms with Crippen LogP contribution in [0.25, 0.3) is 10.9 Å². The van der Waals surface area contributed by atoms with Gasteiger partial charge in [-0.2, -0.15) is 0 Å². The Bertz CT molecular complexity index is 1510. The van der Waals surface area contributed by atoms with Gasteiger partial charge < -0.3 is 29.6 Å². The summed E-state index contributed by atoms with van der Waals surface area (Å²) in [5.74, 6) is 0.985. The van der Waals surface area contributed by atoms with Crippen LogP contribution in [0, 0.1) is 0 Å². The predicted octanol–water partition coefficient (Wildman–Crippen LogP) is 4.89. The van der Waals surface area contributed by atoms with Crippen molar-refractivity contribution >= 4 is 44.3 Å². The zero-order valence-electron chi connectivity index (χ0n) is 26.1. The Labute approximate surface area is 260 Å². The van der Waals surface area contributed by atoms with Crippen molar-refractivity contribution in [1.29, 1.82) is 0 Å². The molecule has 0 spiro atoms. The van der Waals surface area contributed by atoms with Crippen LogP contribution < -0.4 is 19.7 Å². The fourth-order valence-corrected chi connectivity index (χ4v) is 5.70. The number of rotatable bonds is 13. The first-order chi connectivity index (χ1) is 20.9. The summed E-state index contributed by atoms with van der Waals surface area (Å²) in [4.78, 5) is 32.1. The number of nitrogens with one attached hydrogen (secondary N) is 3. The van der Waals surface area contributed by atoms with E-state index in [0.717, 1.165) is 66.5 Å². The van der Waals surface area contributed by atoms with Gasteiger partial charge in [0, 0.05) is 67.6 Å². The quantitative estimate of drug-likeness (QED) is 0.230. The smallest absolute Gasteiger partial charge is 0.407 e. The van der Waals surface area contributed by atoms with Gasteiger partial charge in [0.25, 0.3) is 0 Å². The van der Waals surface area contributed by atoms with Crippen molar-refractivity contribution in [2.24, 2.45) is 0 Å². The summed E-state index contributed by atoms with van der Waals surface area (Å²) in [6.45, 7) is 9.40. The maximum atomic E-state index is 12.8. The number of aromatic nitrogens is 1. The summed E-state index contributed by atoms with van der Waals surface area (Å²) < 4.78 is 36.6. The molecule has 0 bridgehead atoms. The van der Waals surface area contributed by atoms with Gasteiger partial charge in [0.05, 0.1) is 12.9 Å². The molecule has 2 amide bonds. The largest absolute Gasteiger partial charge is 0.494 e. The van der Waals surface area contributed by atoms with Crippen LogP contribution in [0.5, 0.6) is 5.75 Å². The molecule has 3 N–H and O–H groups in total. The second-order valence-corrected chi connectivity index (χ2v) is 13.9. The van der Waals surface area contributed by atoms with Crippen molar-refractivity contribution in [3.8, 4) is 5.75 Å². The Kier molecular flexibility index (Phi) is 11.0. The number of hydrogen-bond acceptors (Lipinski definition) is 7. The third-order valence-corrected chi connectivity index (χ3v) is 7.88. The van der Waals surface area contributed by atoms with E-state index >= 15 is 0 Å². The minimum Gasteiger partial charge on any atom is -0.494 e. The van der Waals surface area contributed by atoms with Crippen molar-refractivity contribution in [3.63, 3.8) is 0 Å². The van der Waals surface area contributed by atoms with Crippen molar-refractivity contribution in [3.05, 3.63) is 54.2 Å². The molecule has 4 rings (SSSR count). The van der Waals surface area contributed by atoms with Crippen LogP contribution >= 0.6 is 0 Å². The maximum Gasteiger partial charge on any atom is 0.407 e. The predicted molar refractivity (Wildman–Crippen MR) is 174 cm³/mol. The molecule has 1 saturated heterocycles. The highest BCUT2D eigenvalue weighted by molar-refractivity contribution is 7.92. The number of anilines is 2. The summed E-state index contributed by atoms with van der Waals surface area (Å²) >= 11 is 0. The molecule has 0 unspecified atom stereocenters. The van der Waals surface area contributed by atoms with Crippen molar-refractivity contribution in [1.82, 2.24) is 15.2 Å². The highest BCUT2D eigenvalue weighted by atomic mass is 32.2. The summed E-state index contributed by atoms with van der Waals surface area (Å²) in [5.41, 5.74) is 3.14. The van der Waals surface area contributed by atoms with E-state index in [1.54, 1.807) is 12.1 Å². The average Bonchev–Trinajstić information content (AvgIpc) is 3.35. The second-order valence-electron chi connectivity index (χ2n) is 12.1. The fourth-order valence-electron chi connectivity index (χ4n) is 5.14. The van der Waals surface area contributed by atoms with Gasteiger partial charge in [-0.15, -0.1) is 0 Å². The van der Waals surface area contributed by atoms with Crippen molar-refractivity contribution < 1.29 is 27.5 Å². The van der Waals surface area contributed by atoms with Crippen LogP contribution in [0.2, 0.25) is 0 Å². The first-order valence-corrected chi connectivity index (χ1v) is 17.1. The molecule has 2 heterocycles. The van der Waals surface area contributed by atoms with Crippen LogP contribution in [0.4, 0.5) is 16.2 Å². The van der Waals surface area contributed by atoms with E-state index in [1.807, 2.05) is 62.2 Å². The van der Waals surface area contributed by atoms with E-state index in [4.69, 9.17) is 9.47 Å². The van der Waals surface area contributed by atoms with E-state index in [0.29, 0.717) is 44.8 Å². The summed E-state index contributed by atoms with van der Waals surface area (Å²) in [7, 11) is -3.30. The highest BCUT2D eigenvalue weighted by Gasteiger charge is 2.21. The van der Waals surface area contributed by atoms with Crippen LogP contribution in [0.15, 0.2) is 48.7 Å². The molecule has 12 heteroatoms. The number of amides is 2. The lowest BCUT2D eigenvalue weighted by Crippen LogP contribution is -2.48. The van der Waals surface area contributed by atoms with Gasteiger partial charge in [0.15, 0.2) is 0 Å². The Hall–Kier alpha value is -3.93. The SMILES string of the molecule is CC(C)(C)OC(=O)NCCc1c[nH]c2ccc(OCCCCCC(=O)N3CCN(c4ccc(NS(C)(=O)=O)cc4)CC3)cc12. The molecule has 2 aromatic carbocycles. The second kappa shape index (κ2) is 14.7. The van der Waals surface area contributed by atoms with Gasteiger partial charge in [-0.05, 0) is 94.5 Å². The number of unbranched alkanes of at least 4 members (excludes halogenated alkanes) is 2. The van der Waals surface area contributed by atoms with Crippen LogP contribution in [0.1, 0.15) is 52.0 Å². The van der Waals surface area contributed by atoms with Gasteiger partial charge in [0.2, 0.25) is 15.9 Å². The number of carbonyl (C=O) groups is 2. The number of hydrogen-bond donors (Lipinski definition) is 3. The van der Waals surface area contributed by atoms with E-state index in [9.17, 15) is 18.0 Å². The number of H-pyrrole nitrogens is 1. The molecule has 1 aliphatic heterocycles. The molecule has 240 valence electrons. The molecule has 11 nitrogen and oxygen atoms in total. The van der Waals surface area contributed by atoms with Crippen molar-refractivity contribution in [2.45, 2.75) is 58.5 Å². The lowest BCUT2D eigenvalue weighted by atomic mass is 10.1. The molecule has 0 aliphatic carbocycles. The first kappa shape index (κ1) is 33.0. The number of benzene rings is 2. The monoisotopic (exact) mass is 627 g/mol. The lowest BCUT2D eigenvalue weighted by molar-refractivity contribution is -0.131. The minimum absolute atomic E-state index is 0.185. The standard InChI is InChI=1S/C32H45N5O6S/c1-32(2,3)43-31(39)33-16-15-24-23-34-29-14-13-27(22-28(24)29)42-21-7-5-6-8-30(38)37-19-17-36(18-20-37)26-11-9-25(10-12-26)35-44(4,40)41/h9-14,22-23,34-35H,5-8,15-21H2,1-4H3,(H,33,39). The normalized spacial score (nSPS) is 14.0. The molecule has 1 aliphatic rings. The van der Waals surface area contributed by atoms with Gasteiger partial charge >= 0.3 is 6.09 Å². The van der Waals surface area contributed by atoms with E-state index in [2.05, 4.69) is 19.9 Å². The number of alkyl carbamates (subject to hydrolysis) is 1. The Morgan fingerprint density at radius 1 is 0.977 bits per heavy atom. The number of nitrogens with zero attached hydrogens (tertiary/aromatic N) is 2. The van der Waals surface area contributed by atoms with Gasteiger partial charge in [-0.25, -0.2) is 13.2 Å². The van der Waals surface area contributed by atoms with Gasteiger partial charge in [-0.1, -0.05) is 0 Å². The minimum atomic E-state index is -3.30. The lowest BCUT2D eigenvalue weighted by Gasteiger charge is -2.36. The van der Waals surface area contributed by atoms with Gasteiger partial charge in [0.1, 0.15) is 11.4 Å². The Morgan fingerprint density at radius 3 is 2.39 bits per heavy atom. The van der Waals surface area contributed by atoms with Gasteiger partial charge in [-0.3, -0.25) is 9.52 Å². The highest BCUT2D eigenvalue weighted by Crippen LogP contribution is 2.25. The molecule has 1 fully saturated rings. The zero-order chi connectivity index (χ0) is 31.7. The van der Waals surface area contributed by atoms with E-state index < -0.39 is 21.7 Å². The maximum absolute atomic E-state index is 12.8.